The van der Waals surface area contributed by atoms with Crippen molar-refractivity contribution in [2.45, 2.75) is 84.0 Å². The van der Waals surface area contributed by atoms with Gasteiger partial charge in [0.1, 0.15) is 5.75 Å². The zero-order valence-corrected chi connectivity index (χ0v) is 22.7. The van der Waals surface area contributed by atoms with Gasteiger partial charge in [-0.1, -0.05) is 64.7 Å². The molecule has 1 aromatic rings. The molecular weight excluding hydrogens is 456 g/mol. The van der Waals surface area contributed by atoms with Crippen LogP contribution in [-0.4, -0.2) is 80.2 Å². The third kappa shape index (κ3) is 17.7. The van der Waals surface area contributed by atoms with E-state index in [1.165, 1.54) is 44.9 Å². The van der Waals surface area contributed by atoms with E-state index in [9.17, 15) is 9.90 Å². The molecule has 0 aliphatic carbocycles. The summed E-state index contributed by atoms with van der Waals surface area (Å²) in [5, 5.41) is 21.2. The van der Waals surface area contributed by atoms with Crippen molar-refractivity contribution in [1.82, 2.24) is 10.2 Å². The van der Waals surface area contributed by atoms with Gasteiger partial charge in [-0.2, -0.15) is 0 Å². The lowest BCUT2D eigenvalue weighted by atomic mass is 10.1. The van der Waals surface area contributed by atoms with E-state index in [2.05, 4.69) is 17.1 Å². The van der Waals surface area contributed by atoms with E-state index in [0.29, 0.717) is 25.3 Å². The Morgan fingerprint density at radius 2 is 1.39 bits per heavy atom. The molecule has 0 saturated heterocycles. The Hall–Kier alpha value is -1.67. The number of hydrogen-bond acceptors (Lipinski definition) is 7. The number of hydrogen-bond donors (Lipinski definition) is 3. The van der Waals surface area contributed by atoms with Gasteiger partial charge >= 0.3 is 5.97 Å². The first-order valence-corrected chi connectivity index (χ1v) is 14.3. The van der Waals surface area contributed by atoms with E-state index in [-0.39, 0.29) is 19.2 Å². The Morgan fingerprint density at radius 3 is 2.06 bits per heavy atom. The van der Waals surface area contributed by atoms with Gasteiger partial charge in [0.15, 0.2) is 0 Å². The smallest absolute Gasteiger partial charge is 0.338 e. The standard InChI is InChI=1S/C29H52N2O5/c1-2-3-4-5-6-7-9-12-25-35-28-16-14-27(15-17-28)29(34)36-26-13-10-8-11-20-31(22-24-33)21-18-30-19-23-32/h14-17,30,32-33H,2-13,18-26H2,1H3. The van der Waals surface area contributed by atoms with Crippen molar-refractivity contribution in [1.29, 1.82) is 0 Å². The Labute approximate surface area is 219 Å². The maximum absolute atomic E-state index is 12.3. The Kier molecular flexibility index (Phi) is 21.3. The van der Waals surface area contributed by atoms with Gasteiger partial charge in [-0.05, 0) is 50.1 Å². The summed E-state index contributed by atoms with van der Waals surface area (Å²) < 4.78 is 11.2. The zero-order valence-electron chi connectivity index (χ0n) is 22.7. The Morgan fingerprint density at radius 1 is 0.750 bits per heavy atom. The van der Waals surface area contributed by atoms with Gasteiger partial charge in [0, 0.05) is 26.2 Å². The highest BCUT2D eigenvalue weighted by Gasteiger charge is 2.08. The molecule has 1 rings (SSSR count). The molecular formula is C29H52N2O5. The predicted molar refractivity (Wildman–Crippen MR) is 147 cm³/mol. The number of nitrogens with zero attached hydrogens (tertiary/aromatic N) is 1. The van der Waals surface area contributed by atoms with E-state index in [4.69, 9.17) is 14.6 Å². The van der Waals surface area contributed by atoms with Gasteiger partial charge in [0.25, 0.3) is 0 Å². The molecule has 0 aliphatic heterocycles. The fourth-order valence-corrected chi connectivity index (χ4v) is 4.07. The molecule has 0 amide bonds. The van der Waals surface area contributed by atoms with E-state index in [1.807, 2.05) is 12.1 Å². The highest BCUT2D eigenvalue weighted by atomic mass is 16.5. The third-order valence-electron chi connectivity index (χ3n) is 6.27. The number of benzene rings is 1. The highest BCUT2D eigenvalue weighted by Crippen LogP contribution is 2.15. The van der Waals surface area contributed by atoms with Crippen molar-refractivity contribution in [3.8, 4) is 5.75 Å². The lowest BCUT2D eigenvalue weighted by molar-refractivity contribution is 0.0497. The van der Waals surface area contributed by atoms with Crippen LogP contribution in [0.2, 0.25) is 0 Å². The topological polar surface area (TPSA) is 91.3 Å². The molecule has 0 aliphatic rings. The van der Waals surface area contributed by atoms with Crippen LogP contribution in [0.1, 0.15) is 94.3 Å². The van der Waals surface area contributed by atoms with Crippen molar-refractivity contribution in [3.63, 3.8) is 0 Å². The first-order valence-electron chi connectivity index (χ1n) is 14.3. The number of aliphatic hydroxyl groups excluding tert-OH is 2. The largest absolute Gasteiger partial charge is 0.494 e. The van der Waals surface area contributed by atoms with Crippen LogP contribution < -0.4 is 10.1 Å². The molecule has 0 unspecified atom stereocenters. The number of esters is 1. The van der Waals surface area contributed by atoms with E-state index >= 15 is 0 Å². The van der Waals surface area contributed by atoms with Crippen molar-refractivity contribution in [2.24, 2.45) is 0 Å². The Bertz CT molecular complexity index is 627. The van der Waals surface area contributed by atoms with Gasteiger partial charge in [0.2, 0.25) is 0 Å². The van der Waals surface area contributed by atoms with Crippen LogP contribution in [0.3, 0.4) is 0 Å². The predicted octanol–water partition coefficient (Wildman–Crippen LogP) is 4.80. The maximum atomic E-state index is 12.3. The van der Waals surface area contributed by atoms with Crippen LogP contribution in [0.15, 0.2) is 24.3 Å². The lowest BCUT2D eigenvalue weighted by Gasteiger charge is -2.21. The Balaban J connectivity index is 2.07. The third-order valence-corrected chi connectivity index (χ3v) is 6.27. The summed E-state index contributed by atoms with van der Waals surface area (Å²) in [6.07, 6.45) is 14.2. The van der Waals surface area contributed by atoms with Gasteiger partial charge < -0.3 is 25.0 Å². The number of aliphatic hydroxyl groups is 2. The van der Waals surface area contributed by atoms with Crippen LogP contribution in [0.5, 0.6) is 5.75 Å². The van der Waals surface area contributed by atoms with Gasteiger partial charge in [-0.25, -0.2) is 4.79 Å². The van der Waals surface area contributed by atoms with Crippen LogP contribution in [-0.2, 0) is 4.74 Å². The molecule has 0 aromatic heterocycles. The summed E-state index contributed by atoms with van der Waals surface area (Å²) >= 11 is 0. The first-order chi connectivity index (χ1) is 17.7. The molecule has 0 spiro atoms. The second kappa shape index (κ2) is 23.7. The molecule has 0 fully saturated rings. The molecule has 0 heterocycles. The quantitative estimate of drug-likeness (QED) is 0.129. The molecule has 3 N–H and O–H groups in total. The fraction of sp³-hybridized carbons (Fsp3) is 0.759. The first kappa shape index (κ1) is 32.4. The molecule has 0 saturated carbocycles. The van der Waals surface area contributed by atoms with Crippen LogP contribution in [0.4, 0.5) is 0 Å². The SMILES string of the molecule is CCCCCCCCCCOc1ccc(C(=O)OCCCCCCN(CCO)CCNCCO)cc1. The van der Waals surface area contributed by atoms with Crippen molar-refractivity contribution in [2.75, 3.05) is 59.2 Å². The number of ether oxygens (including phenoxy) is 2. The number of carbonyl (C=O) groups excluding carboxylic acids is 1. The van der Waals surface area contributed by atoms with Gasteiger partial charge in [-0.3, -0.25) is 4.90 Å². The molecule has 36 heavy (non-hydrogen) atoms. The molecule has 0 bridgehead atoms. The van der Waals surface area contributed by atoms with E-state index in [0.717, 1.165) is 64.1 Å². The fourth-order valence-electron chi connectivity index (χ4n) is 4.07. The lowest BCUT2D eigenvalue weighted by Crippen LogP contribution is -2.35. The maximum Gasteiger partial charge on any atom is 0.338 e. The molecule has 7 nitrogen and oxygen atoms in total. The van der Waals surface area contributed by atoms with Crippen LogP contribution in [0, 0.1) is 0 Å². The van der Waals surface area contributed by atoms with E-state index < -0.39 is 0 Å². The second-order valence-corrected chi connectivity index (χ2v) is 9.44. The second-order valence-electron chi connectivity index (χ2n) is 9.44. The number of rotatable bonds is 25. The average molecular weight is 509 g/mol. The zero-order chi connectivity index (χ0) is 26.1. The summed E-state index contributed by atoms with van der Waals surface area (Å²) in [7, 11) is 0. The minimum absolute atomic E-state index is 0.143. The molecule has 208 valence electrons. The van der Waals surface area contributed by atoms with Gasteiger partial charge in [0.05, 0.1) is 32.0 Å². The average Bonchev–Trinajstić information content (AvgIpc) is 2.89. The normalized spacial score (nSPS) is 11.2. The summed E-state index contributed by atoms with van der Waals surface area (Å²) in [5.74, 6) is 0.517. The van der Waals surface area contributed by atoms with Crippen LogP contribution in [0.25, 0.3) is 0 Å². The molecule has 0 radical (unpaired) electrons. The van der Waals surface area contributed by atoms with Crippen molar-refractivity contribution >= 4 is 5.97 Å². The van der Waals surface area contributed by atoms with Crippen LogP contribution >= 0.6 is 0 Å². The summed E-state index contributed by atoms with van der Waals surface area (Å²) in [6.45, 7) is 7.57. The monoisotopic (exact) mass is 508 g/mol. The molecule has 0 atom stereocenters. The number of nitrogens with one attached hydrogen (secondary N) is 1. The van der Waals surface area contributed by atoms with Crippen molar-refractivity contribution < 1.29 is 24.5 Å². The number of carbonyl (C=O) groups is 1. The molecule has 1 aromatic carbocycles. The minimum Gasteiger partial charge on any atom is -0.494 e. The van der Waals surface area contributed by atoms with Gasteiger partial charge in [-0.15, -0.1) is 0 Å². The minimum atomic E-state index is -0.283. The van der Waals surface area contributed by atoms with E-state index in [1.54, 1.807) is 12.1 Å². The van der Waals surface area contributed by atoms with Crippen molar-refractivity contribution in [3.05, 3.63) is 29.8 Å². The summed E-state index contributed by atoms with van der Waals surface area (Å²) in [5.41, 5.74) is 0.559. The summed E-state index contributed by atoms with van der Waals surface area (Å²) in [6, 6.07) is 7.24. The number of unbranched alkanes of at least 4 members (excludes halogenated alkanes) is 10. The summed E-state index contributed by atoms with van der Waals surface area (Å²) in [4.78, 5) is 14.5. The molecule has 7 heteroatoms. The highest BCUT2D eigenvalue weighted by molar-refractivity contribution is 5.89.